The Morgan fingerprint density at radius 3 is 2.36 bits per heavy atom. The summed E-state index contributed by atoms with van der Waals surface area (Å²) in [5.74, 6) is 2.19. The second-order valence-electron chi connectivity index (χ2n) is 6.36. The van der Waals surface area contributed by atoms with E-state index in [1.807, 2.05) is 12.1 Å². The first-order valence-electron chi connectivity index (χ1n) is 8.38. The number of fused-ring (bicyclic) bond motifs is 1. The van der Waals surface area contributed by atoms with Gasteiger partial charge in [0.1, 0.15) is 0 Å². The second kappa shape index (κ2) is 7.23. The third kappa shape index (κ3) is 3.37. The minimum Gasteiger partial charge on any atom is -0.504 e. The fraction of sp³-hybridized carbons (Fsp3) is 0.400. The molecule has 0 radical (unpaired) electrons. The zero-order chi connectivity index (χ0) is 18.0. The van der Waals surface area contributed by atoms with Crippen LogP contribution in [0, 0.1) is 0 Å². The molecule has 1 N–H and O–H groups in total. The first-order chi connectivity index (χ1) is 12.1. The van der Waals surface area contributed by atoms with E-state index in [0.29, 0.717) is 5.75 Å². The van der Waals surface area contributed by atoms with E-state index in [1.165, 1.54) is 11.1 Å². The average molecular weight is 343 g/mol. The maximum Gasteiger partial charge on any atom is 0.161 e. The van der Waals surface area contributed by atoms with Gasteiger partial charge in [-0.05, 0) is 60.8 Å². The van der Waals surface area contributed by atoms with Crippen molar-refractivity contribution in [3.05, 3.63) is 47.0 Å². The van der Waals surface area contributed by atoms with Crippen molar-refractivity contribution in [2.75, 3.05) is 34.9 Å². The van der Waals surface area contributed by atoms with Gasteiger partial charge in [0.05, 0.1) is 21.3 Å². The summed E-state index contributed by atoms with van der Waals surface area (Å²) in [4.78, 5) is 2.35. The maximum atomic E-state index is 9.81. The number of likely N-dealkylation sites (N-methyl/N-ethyl adjacent to an activating group) is 1. The van der Waals surface area contributed by atoms with Crippen molar-refractivity contribution >= 4 is 0 Å². The van der Waals surface area contributed by atoms with Crippen LogP contribution in [-0.2, 0) is 12.8 Å². The predicted octanol–water partition coefficient (Wildman–Crippen LogP) is 3.19. The van der Waals surface area contributed by atoms with Crippen LogP contribution in [0.3, 0.4) is 0 Å². The molecule has 1 aliphatic rings. The first kappa shape index (κ1) is 17.4. The van der Waals surface area contributed by atoms with E-state index < -0.39 is 0 Å². The van der Waals surface area contributed by atoms with Crippen molar-refractivity contribution in [1.29, 1.82) is 0 Å². The van der Waals surface area contributed by atoms with Gasteiger partial charge in [-0.15, -0.1) is 0 Å². The molecule has 0 bridgehead atoms. The summed E-state index contributed by atoms with van der Waals surface area (Å²) in [7, 11) is 7.04. The highest BCUT2D eigenvalue weighted by atomic mass is 16.5. The number of nitrogens with zero attached hydrogens (tertiary/aromatic N) is 1. The molecule has 0 amide bonds. The van der Waals surface area contributed by atoms with Gasteiger partial charge in [-0.25, -0.2) is 0 Å². The van der Waals surface area contributed by atoms with Gasteiger partial charge in [0.15, 0.2) is 23.0 Å². The molecule has 0 fully saturated rings. The number of phenolic OH excluding ortho intramolecular Hbond substituents is 1. The van der Waals surface area contributed by atoms with Crippen molar-refractivity contribution in [3.63, 3.8) is 0 Å². The van der Waals surface area contributed by atoms with Gasteiger partial charge in [-0.2, -0.15) is 0 Å². The Bertz CT molecular complexity index is 760. The minimum absolute atomic E-state index is 0.162. The number of rotatable bonds is 5. The molecule has 0 saturated heterocycles. The normalized spacial score (nSPS) is 17.0. The molecule has 0 aliphatic carbocycles. The number of aromatic hydroxyl groups is 1. The standard InChI is InChI=1S/C20H25NO4/c1-21-8-7-14-11-19(24-3)20(25-4)12-15(14)16(21)9-13-5-6-17(22)18(10-13)23-2/h5-6,10-12,16,22H,7-9H2,1-4H3. The minimum atomic E-state index is 0.162. The van der Waals surface area contributed by atoms with Crippen LogP contribution in [0.25, 0.3) is 0 Å². The molecule has 1 unspecified atom stereocenters. The summed E-state index contributed by atoms with van der Waals surface area (Å²) < 4.78 is 16.2. The lowest BCUT2D eigenvalue weighted by molar-refractivity contribution is 0.227. The lowest BCUT2D eigenvalue weighted by Gasteiger charge is -2.35. The van der Waals surface area contributed by atoms with Crippen LogP contribution in [0.4, 0.5) is 0 Å². The summed E-state index contributed by atoms with van der Waals surface area (Å²) in [6.07, 6.45) is 1.82. The summed E-state index contributed by atoms with van der Waals surface area (Å²) in [5, 5.41) is 9.81. The quantitative estimate of drug-likeness (QED) is 0.904. The molecule has 2 aromatic rings. The number of hydrogen-bond acceptors (Lipinski definition) is 5. The zero-order valence-electron chi connectivity index (χ0n) is 15.2. The molecule has 5 nitrogen and oxygen atoms in total. The summed E-state index contributed by atoms with van der Waals surface area (Å²) in [6, 6.07) is 9.95. The van der Waals surface area contributed by atoms with Gasteiger partial charge >= 0.3 is 0 Å². The molecular formula is C20H25NO4. The third-order valence-corrected chi connectivity index (χ3v) is 4.94. The fourth-order valence-electron chi connectivity index (χ4n) is 3.49. The lowest BCUT2D eigenvalue weighted by atomic mass is 9.88. The Morgan fingerprint density at radius 2 is 1.68 bits per heavy atom. The van der Waals surface area contributed by atoms with Crippen LogP contribution >= 0.6 is 0 Å². The molecule has 1 aliphatic heterocycles. The van der Waals surface area contributed by atoms with E-state index in [-0.39, 0.29) is 11.8 Å². The van der Waals surface area contributed by atoms with Crippen LogP contribution in [0.15, 0.2) is 30.3 Å². The van der Waals surface area contributed by atoms with Crippen molar-refractivity contribution in [2.45, 2.75) is 18.9 Å². The predicted molar refractivity (Wildman–Crippen MR) is 97.0 cm³/mol. The molecule has 0 spiro atoms. The topological polar surface area (TPSA) is 51.2 Å². The van der Waals surface area contributed by atoms with E-state index in [0.717, 1.165) is 36.4 Å². The van der Waals surface area contributed by atoms with Crippen LogP contribution < -0.4 is 14.2 Å². The Labute approximate surface area is 148 Å². The third-order valence-electron chi connectivity index (χ3n) is 4.94. The molecule has 2 aromatic carbocycles. The van der Waals surface area contributed by atoms with Gasteiger partial charge < -0.3 is 19.3 Å². The molecule has 0 saturated carbocycles. The fourth-order valence-corrected chi connectivity index (χ4v) is 3.49. The summed E-state index contributed by atoms with van der Waals surface area (Å²) in [6.45, 7) is 0.988. The SMILES string of the molecule is COc1cc(CC2c3cc(OC)c(OC)cc3CCN2C)ccc1O. The second-order valence-corrected chi connectivity index (χ2v) is 6.36. The van der Waals surface area contributed by atoms with Crippen LogP contribution in [0.5, 0.6) is 23.0 Å². The molecule has 3 rings (SSSR count). The van der Waals surface area contributed by atoms with Gasteiger partial charge in [-0.3, -0.25) is 4.90 Å². The Balaban J connectivity index is 1.97. The summed E-state index contributed by atoms with van der Waals surface area (Å²) >= 11 is 0. The van der Waals surface area contributed by atoms with Crippen molar-refractivity contribution in [1.82, 2.24) is 4.90 Å². The maximum absolute atomic E-state index is 9.81. The highest BCUT2D eigenvalue weighted by Gasteiger charge is 2.27. The van der Waals surface area contributed by atoms with Gasteiger partial charge in [-0.1, -0.05) is 6.07 Å². The smallest absolute Gasteiger partial charge is 0.161 e. The Hall–Kier alpha value is -2.40. The number of hydrogen-bond donors (Lipinski definition) is 1. The van der Waals surface area contributed by atoms with Crippen molar-refractivity contribution in [3.8, 4) is 23.0 Å². The van der Waals surface area contributed by atoms with Gasteiger partial charge in [0, 0.05) is 12.6 Å². The average Bonchev–Trinajstić information content (AvgIpc) is 2.64. The number of methoxy groups -OCH3 is 3. The van der Waals surface area contributed by atoms with E-state index in [1.54, 1.807) is 27.4 Å². The molecule has 5 heteroatoms. The first-order valence-corrected chi connectivity index (χ1v) is 8.38. The number of benzene rings is 2. The molecule has 0 aromatic heterocycles. The molecule has 134 valence electrons. The molecule has 25 heavy (non-hydrogen) atoms. The molecule has 1 heterocycles. The van der Waals surface area contributed by atoms with E-state index in [2.05, 4.69) is 24.1 Å². The highest BCUT2D eigenvalue weighted by Crippen LogP contribution is 2.39. The lowest BCUT2D eigenvalue weighted by Crippen LogP contribution is -2.33. The van der Waals surface area contributed by atoms with Gasteiger partial charge in [0.25, 0.3) is 0 Å². The zero-order valence-corrected chi connectivity index (χ0v) is 15.2. The largest absolute Gasteiger partial charge is 0.504 e. The van der Waals surface area contributed by atoms with E-state index in [9.17, 15) is 5.11 Å². The molecular weight excluding hydrogens is 318 g/mol. The van der Waals surface area contributed by atoms with Crippen LogP contribution in [-0.4, -0.2) is 44.9 Å². The van der Waals surface area contributed by atoms with E-state index >= 15 is 0 Å². The Morgan fingerprint density at radius 1 is 1.00 bits per heavy atom. The van der Waals surface area contributed by atoms with Crippen LogP contribution in [0.2, 0.25) is 0 Å². The van der Waals surface area contributed by atoms with Crippen LogP contribution in [0.1, 0.15) is 22.7 Å². The summed E-state index contributed by atoms with van der Waals surface area (Å²) in [5.41, 5.74) is 3.68. The Kier molecular flexibility index (Phi) is 5.04. The van der Waals surface area contributed by atoms with E-state index in [4.69, 9.17) is 14.2 Å². The molecule has 1 atom stereocenters. The monoisotopic (exact) mass is 343 g/mol. The van der Waals surface area contributed by atoms with Crippen molar-refractivity contribution < 1.29 is 19.3 Å². The number of ether oxygens (including phenoxy) is 3. The van der Waals surface area contributed by atoms with Crippen molar-refractivity contribution in [2.24, 2.45) is 0 Å². The highest BCUT2D eigenvalue weighted by molar-refractivity contribution is 5.50. The number of phenols is 1. The van der Waals surface area contributed by atoms with Gasteiger partial charge in [0.2, 0.25) is 0 Å².